The van der Waals surface area contributed by atoms with Gasteiger partial charge in [0.05, 0.1) is 0 Å². The standard InChI is InChI=1S/C20H22N2O4/c1-13-5-7-16(8-6-13)19(24)22(4)17-9-11-18(12-10-17)26-20(25)14(2)21-15(3)23/h5-12,14H,1-4H3,(H,21,23)/t14-/m0/s1. The van der Waals surface area contributed by atoms with E-state index < -0.39 is 12.0 Å². The van der Waals surface area contributed by atoms with Gasteiger partial charge in [0.25, 0.3) is 5.91 Å². The molecule has 2 aromatic rings. The van der Waals surface area contributed by atoms with Crippen molar-refractivity contribution in [3.05, 3.63) is 59.7 Å². The first-order valence-electron chi connectivity index (χ1n) is 8.21. The van der Waals surface area contributed by atoms with Gasteiger partial charge in [0.1, 0.15) is 11.8 Å². The Morgan fingerprint density at radius 3 is 2.12 bits per heavy atom. The Kier molecular flexibility index (Phi) is 6.11. The van der Waals surface area contributed by atoms with Crippen LogP contribution < -0.4 is 15.0 Å². The molecular formula is C20H22N2O4. The summed E-state index contributed by atoms with van der Waals surface area (Å²) in [6.45, 7) is 4.84. The molecule has 0 unspecified atom stereocenters. The maximum atomic E-state index is 12.5. The molecule has 2 rings (SSSR count). The molecule has 1 atom stereocenters. The quantitative estimate of drug-likeness (QED) is 0.662. The molecule has 0 aliphatic carbocycles. The number of carbonyl (C=O) groups excluding carboxylic acids is 3. The predicted molar refractivity (Wildman–Crippen MR) is 99.3 cm³/mol. The van der Waals surface area contributed by atoms with Crippen LogP contribution in [0.3, 0.4) is 0 Å². The number of nitrogens with one attached hydrogen (secondary N) is 1. The third-order valence-electron chi connectivity index (χ3n) is 3.82. The first kappa shape index (κ1) is 19.2. The summed E-state index contributed by atoms with van der Waals surface area (Å²) >= 11 is 0. The van der Waals surface area contributed by atoms with Gasteiger partial charge in [0.2, 0.25) is 5.91 Å². The van der Waals surface area contributed by atoms with Crippen molar-refractivity contribution < 1.29 is 19.1 Å². The van der Waals surface area contributed by atoms with E-state index in [1.807, 2.05) is 19.1 Å². The van der Waals surface area contributed by atoms with E-state index in [-0.39, 0.29) is 11.8 Å². The van der Waals surface area contributed by atoms with E-state index in [4.69, 9.17) is 4.74 Å². The normalized spacial score (nSPS) is 11.4. The maximum absolute atomic E-state index is 12.5. The molecule has 0 heterocycles. The topological polar surface area (TPSA) is 75.7 Å². The number of hydrogen-bond donors (Lipinski definition) is 1. The number of aryl methyl sites for hydroxylation is 1. The second-order valence-corrected chi connectivity index (χ2v) is 6.07. The molecule has 0 saturated carbocycles. The number of carbonyl (C=O) groups is 3. The Labute approximate surface area is 152 Å². The molecule has 6 nitrogen and oxygen atoms in total. The van der Waals surface area contributed by atoms with Gasteiger partial charge in [0.15, 0.2) is 0 Å². The summed E-state index contributed by atoms with van der Waals surface area (Å²) in [6.07, 6.45) is 0. The highest BCUT2D eigenvalue weighted by atomic mass is 16.5. The third-order valence-corrected chi connectivity index (χ3v) is 3.82. The first-order chi connectivity index (χ1) is 12.3. The monoisotopic (exact) mass is 354 g/mol. The van der Waals surface area contributed by atoms with Gasteiger partial charge in [-0.15, -0.1) is 0 Å². The lowest BCUT2D eigenvalue weighted by molar-refractivity contribution is -0.138. The lowest BCUT2D eigenvalue weighted by Gasteiger charge is -2.18. The average Bonchev–Trinajstić information content (AvgIpc) is 2.61. The van der Waals surface area contributed by atoms with Gasteiger partial charge in [-0.05, 0) is 50.2 Å². The van der Waals surface area contributed by atoms with Crippen LogP contribution in [0, 0.1) is 6.92 Å². The number of nitrogens with zero attached hydrogens (tertiary/aromatic N) is 1. The molecule has 0 aliphatic rings. The highest BCUT2D eigenvalue weighted by Gasteiger charge is 2.17. The van der Waals surface area contributed by atoms with Crippen molar-refractivity contribution in [3.8, 4) is 5.75 Å². The average molecular weight is 354 g/mol. The van der Waals surface area contributed by atoms with Crippen molar-refractivity contribution in [2.45, 2.75) is 26.8 Å². The lowest BCUT2D eigenvalue weighted by Crippen LogP contribution is -2.39. The lowest BCUT2D eigenvalue weighted by atomic mass is 10.1. The van der Waals surface area contributed by atoms with Gasteiger partial charge in [-0.3, -0.25) is 9.59 Å². The van der Waals surface area contributed by atoms with E-state index in [0.29, 0.717) is 17.0 Å². The molecule has 0 spiro atoms. The van der Waals surface area contributed by atoms with Gasteiger partial charge < -0.3 is 15.0 Å². The summed E-state index contributed by atoms with van der Waals surface area (Å²) in [6, 6.07) is 13.2. The highest BCUT2D eigenvalue weighted by molar-refractivity contribution is 6.05. The molecule has 6 heteroatoms. The fourth-order valence-corrected chi connectivity index (χ4v) is 2.31. The zero-order valence-corrected chi connectivity index (χ0v) is 15.3. The van der Waals surface area contributed by atoms with Crippen molar-refractivity contribution in [1.29, 1.82) is 0 Å². The summed E-state index contributed by atoms with van der Waals surface area (Å²) in [5, 5.41) is 2.46. The number of benzene rings is 2. The van der Waals surface area contributed by atoms with Gasteiger partial charge in [-0.25, -0.2) is 4.79 Å². The van der Waals surface area contributed by atoms with E-state index >= 15 is 0 Å². The van der Waals surface area contributed by atoms with Gasteiger partial charge in [-0.1, -0.05) is 17.7 Å². The van der Waals surface area contributed by atoms with Gasteiger partial charge in [-0.2, -0.15) is 0 Å². The molecular weight excluding hydrogens is 332 g/mol. The first-order valence-corrected chi connectivity index (χ1v) is 8.21. The smallest absolute Gasteiger partial charge is 0.333 e. The van der Waals surface area contributed by atoms with Crippen molar-refractivity contribution in [2.24, 2.45) is 0 Å². The van der Waals surface area contributed by atoms with Crippen LogP contribution in [-0.4, -0.2) is 30.9 Å². The molecule has 26 heavy (non-hydrogen) atoms. The molecule has 0 aliphatic heterocycles. The minimum atomic E-state index is -0.738. The second kappa shape index (κ2) is 8.29. The van der Waals surface area contributed by atoms with E-state index in [2.05, 4.69) is 5.32 Å². The van der Waals surface area contributed by atoms with Crippen LogP contribution in [0.15, 0.2) is 48.5 Å². The molecule has 2 amide bonds. The number of anilines is 1. The van der Waals surface area contributed by atoms with Crippen LogP contribution in [0.2, 0.25) is 0 Å². The SMILES string of the molecule is CC(=O)N[C@@H](C)C(=O)Oc1ccc(N(C)C(=O)c2ccc(C)cc2)cc1. The number of amides is 2. The predicted octanol–water partition coefficient (Wildman–Crippen LogP) is 2.70. The Hall–Kier alpha value is -3.15. The largest absolute Gasteiger partial charge is 0.425 e. The van der Waals surface area contributed by atoms with Crippen LogP contribution in [0.5, 0.6) is 5.75 Å². The number of ether oxygens (including phenoxy) is 1. The van der Waals surface area contributed by atoms with Crippen LogP contribution in [0.1, 0.15) is 29.8 Å². The van der Waals surface area contributed by atoms with E-state index in [9.17, 15) is 14.4 Å². The van der Waals surface area contributed by atoms with E-state index in [1.54, 1.807) is 50.4 Å². The Balaban J connectivity index is 2.04. The molecule has 0 bridgehead atoms. The zero-order chi connectivity index (χ0) is 19.3. The molecule has 0 aromatic heterocycles. The number of hydrogen-bond acceptors (Lipinski definition) is 4. The van der Waals surface area contributed by atoms with Crippen molar-refractivity contribution in [1.82, 2.24) is 5.32 Å². The van der Waals surface area contributed by atoms with Crippen LogP contribution in [-0.2, 0) is 9.59 Å². The number of rotatable bonds is 5. The summed E-state index contributed by atoms with van der Waals surface area (Å²) in [7, 11) is 1.68. The molecule has 0 fully saturated rings. The fourth-order valence-electron chi connectivity index (χ4n) is 2.31. The van der Waals surface area contributed by atoms with Gasteiger partial charge in [0, 0.05) is 25.2 Å². The fraction of sp³-hybridized carbons (Fsp3) is 0.250. The highest BCUT2D eigenvalue weighted by Crippen LogP contribution is 2.20. The van der Waals surface area contributed by atoms with Gasteiger partial charge >= 0.3 is 5.97 Å². The molecule has 2 aromatic carbocycles. The Bertz CT molecular complexity index is 798. The number of esters is 1. The molecule has 0 radical (unpaired) electrons. The van der Waals surface area contributed by atoms with Crippen molar-refractivity contribution >= 4 is 23.5 Å². The van der Waals surface area contributed by atoms with E-state index in [0.717, 1.165) is 5.56 Å². The molecule has 0 saturated heterocycles. The minimum absolute atomic E-state index is 0.131. The van der Waals surface area contributed by atoms with Crippen LogP contribution in [0.25, 0.3) is 0 Å². The van der Waals surface area contributed by atoms with Crippen molar-refractivity contribution in [2.75, 3.05) is 11.9 Å². The summed E-state index contributed by atoms with van der Waals surface area (Å²) in [5.74, 6) is -0.653. The zero-order valence-electron chi connectivity index (χ0n) is 15.3. The Morgan fingerprint density at radius 1 is 1.00 bits per heavy atom. The second-order valence-electron chi connectivity index (χ2n) is 6.07. The molecule has 1 N–H and O–H groups in total. The third kappa shape index (κ3) is 4.92. The molecule has 136 valence electrons. The maximum Gasteiger partial charge on any atom is 0.333 e. The Morgan fingerprint density at radius 2 is 1.58 bits per heavy atom. The van der Waals surface area contributed by atoms with Crippen LogP contribution in [0.4, 0.5) is 5.69 Å². The summed E-state index contributed by atoms with van der Waals surface area (Å²) < 4.78 is 5.21. The summed E-state index contributed by atoms with van der Waals surface area (Å²) in [5.41, 5.74) is 2.35. The minimum Gasteiger partial charge on any atom is -0.425 e. The van der Waals surface area contributed by atoms with Crippen molar-refractivity contribution in [3.63, 3.8) is 0 Å². The van der Waals surface area contributed by atoms with Crippen LogP contribution >= 0.6 is 0 Å². The summed E-state index contributed by atoms with van der Waals surface area (Å²) in [4.78, 5) is 36.9. The van der Waals surface area contributed by atoms with E-state index in [1.165, 1.54) is 11.8 Å².